The number of nitrogens with zero attached hydrogens (tertiary/aromatic N) is 3. The maximum absolute atomic E-state index is 13.1. The van der Waals surface area contributed by atoms with Gasteiger partial charge < -0.3 is 19.6 Å². The van der Waals surface area contributed by atoms with Crippen LogP contribution in [-0.2, 0) is 11.3 Å². The maximum Gasteiger partial charge on any atom is 0.323 e. The lowest BCUT2D eigenvalue weighted by Gasteiger charge is -2.26. The molecule has 0 saturated carbocycles. The van der Waals surface area contributed by atoms with E-state index < -0.39 is 5.69 Å². The Balaban J connectivity index is 1.81. The van der Waals surface area contributed by atoms with E-state index in [1.54, 1.807) is 34.8 Å². The van der Waals surface area contributed by atoms with E-state index in [0.717, 1.165) is 6.42 Å². The van der Waals surface area contributed by atoms with E-state index in [9.17, 15) is 14.4 Å². The second-order valence-electron chi connectivity index (χ2n) is 6.75. The molecule has 4 rings (SSSR count). The Labute approximate surface area is 160 Å². The first-order valence-electron chi connectivity index (χ1n) is 9.17. The molecule has 1 aromatic carbocycles. The number of amides is 1. The van der Waals surface area contributed by atoms with Crippen molar-refractivity contribution in [2.75, 3.05) is 20.3 Å². The van der Waals surface area contributed by atoms with E-state index in [4.69, 9.17) is 9.72 Å². The highest BCUT2D eigenvalue weighted by atomic mass is 16.5. The van der Waals surface area contributed by atoms with Crippen molar-refractivity contribution >= 4 is 16.8 Å². The fourth-order valence-corrected chi connectivity index (χ4v) is 3.72. The van der Waals surface area contributed by atoms with Crippen molar-refractivity contribution in [3.8, 4) is 0 Å². The zero-order valence-electron chi connectivity index (χ0n) is 15.5. The Bertz CT molecular complexity index is 1130. The summed E-state index contributed by atoms with van der Waals surface area (Å²) < 4.78 is 6.76. The van der Waals surface area contributed by atoms with Crippen LogP contribution in [0.3, 0.4) is 0 Å². The summed E-state index contributed by atoms with van der Waals surface area (Å²) in [7, 11) is 1.58. The van der Waals surface area contributed by atoms with Crippen molar-refractivity contribution in [2.24, 2.45) is 0 Å². The van der Waals surface area contributed by atoms with Gasteiger partial charge in [-0.25, -0.2) is 9.78 Å². The molecule has 0 bridgehead atoms. The topological polar surface area (TPSA) is 113 Å². The molecule has 2 aromatic heterocycles. The molecule has 0 spiro atoms. The van der Waals surface area contributed by atoms with Gasteiger partial charge in [0.25, 0.3) is 11.5 Å². The molecule has 3 heterocycles. The van der Waals surface area contributed by atoms with Crippen LogP contribution in [0.5, 0.6) is 0 Å². The molecule has 1 saturated heterocycles. The first kappa shape index (κ1) is 18.2. The molecule has 1 fully saturated rings. The van der Waals surface area contributed by atoms with Crippen LogP contribution in [0.4, 0.5) is 0 Å². The summed E-state index contributed by atoms with van der Waals surface area (Å²) in [6.45, 7) is 1.24. The SMILES string of the molecule is COCCn1c(C2CCCN2C(=O)c2c[nH]c(=O)[nH]2)nc2ccccc2c1=O. The van der Waals surface area contributed by atoms with Gasteiger partial charge in [0, 0.05) is 19.9 Å². The van der Waals surface area contributed by atoms with Crippen molar-refractivity contribution < 1.29 is 9.53 Å². The van der Waals surface area contributed by atoms with E-state index in [1.165, 1.54) is 6.20 Å². The molecule has 1 unspecified atom stereocenters. The number of imidazole rings is 1. The Morgan fingerprint density at radius 2 is 2.14 bits per heavy atom. The molecule has 28 heavy (non-hydrogen) atoms. The number of benzene rings is 1. The van der Waals surface area contributed by atoms with Crippen LogP contribution >= 0.6 is 0 Å². The summed E-state index contributed by atoms with van der Waals surface area (Å²) in [5.41, 5.74) is 0.223. The number of carbonyl (C=O) groups is 1. The zero-order valence-corrected chi connectivity index (χ0v) is 15.5. The van der Waals surface area contributed by atoms with Crippen LogP contribution in [0.1, 0.15) is 35.2 Å². The third kappa shape index (κ3) is 3.13. The number of methoxy groups -OCH3 is 1. The molecule has 0 aliphatic carbocycles. The number of rotatable bonds is 5. The third-order valence-corrected chi connectivity index (χ3v) is 5.05. The molecule has 1 aliphatic rings. The monoisotopic (exact) mass is 383 g/mol. The number of hydrogen-bond acceptors (Lipinski definition) is 5. The Morgan fingerprint density at radius 1 is 1.32 bits per heavy atom. The normalized spacial score (nSPS) is 16.8. The van der Waals surface area contributed by atoms with Gasteiger partial charge in [-0.3, -0.25) is 14.2 Å². The second kappa shape index (κ2) is 7.43. The summed E-state index contributed by atoms with van der Waals surface area (Å²) in [4.78, 5) is 48.7. The van der Waals surface area contributed by atoms with Gasteiger partial charge in [-0.15, -0.1) is 0 Å². The van der Waals surface area contributed by atoms with Crippen LogP contribution < -0.4 is 11.2 Å². The van der Waals surface area contributed by atoms with Gasteiger partial charge >= 0.3 is 5.69 Å². The molecule has 1 aliphatic heterocycles. The van der Waals surface area contributed by atoms with Crippen molar-refractivity contribution in [1.29, 1.82) is 0 Å². The van der Waals surface area contributed by atoms with Gasteiger partial charge in [-0.05, 0) is 25.0 Å². The highest BCUT2D eigenvalue weighted by Crippen LogP contribution is 2.32. The summed E-state index contributed by atoms with van der Waals surface area (Å²) >= 11 is 0. The number of likely N-dealkylation sites (tertiary alicyclic amines) is 1. The van der Waals surface area contributed by atoms with Crippen molar-refractivity contribution in [3.63, 3.8) is 0 Å². The zero-order chi connectivity index (χ0) is 19.7. The molecule has 0 radical (unpaired) electrons. The smallest absolute Gasteiger partial charge is 0.323 e. The maximum atomic E-state index is 13.1. The van der Waals surface area contributed by atoms with Crippen molar-refractivity contribution in [1.82, 2.24) is 24.4 Å². The number of nitrogens with one attached hydrogen (secondary N) is 2. The molecule has 3 aromatic rings. The van der Waals surface area contributed by atoms with Gasteiger partial charge in [0.1, 0.15) is 11.5 Å². The average Bonchev–Trinajstić information content (AvgIpc) is 3.36. The molecular formula is C19H21N5O4. The minimum atomic E-state index is -0.431. The number of ether oxygens (including phenoxy) is 1. The van der Waals surface area contributed by atoms with Crippen LogP contribution in [0, 0.1) is 0 Å². The molecule has 1 atom stereocenters. The lowest BCUT2D eigenvalue weighted by molar-refractivity contribution is 0.0719. The molecule has 9 heteroatoms. The van der Waals surface area contributed by atoms with Gasteiger partial charge in [0.2, 0.25) is 0 Å². The van der Waals surface area contributed by atoms with Gasteiger partial charge in [0.05, 0.1) is 30.1 Å². The molecule has 2 N–H and O–H groups in total. The van der Waals surface area contributed by atoms with Gasteiger partial charge in [-0.2, -0.15) is 0 Å². The molecule has 9 nitrogen and oxygen atoms in total. The Kier molecular flexibility index (Phi) is 4.82. The number of H-pyrrole nitrogens is 2. The standard InChI is InChI=1S/C19H21N5O4/c1-28-10-9-24-16(21-13-6-3-2-5-12(13)17(24)25)15-7-4-8-23(15)18(26)14-11-20-19(27)22-14/h2-3,5-6,11,15H,4,7-10H2,1H3,(H2,20,22,27). The summed E-state index contributed by atoms with van der Waals surface area (Å²) in [5, 5.41) is 0.535. The predicted octanol–water partition coefficient (Wildman–Crippen LogP) is 1.04. The Morgan fingerprint density at radius 3 is 2.89 bits per heavy atom. The highest BCUT2D eigenvalue weighted by molar-refractivity contribution is 5.92. The van der Waals surface area contributed by atoms with Crippen LogP contribution in [-0.4, -0.2) is 50.6 Å². The quantitative estimate of drug-likeness (QED) is 0.683. The fourth-order valence-electron chi connectivity index (χ4n) is 3.72. The van der Waals surface area contributed by atoms with Gasteiger partial charge in [-0.1, -0.05) is 12.1 Å². The lowest BCUT2D eigenvalue weighted by Crippen LogP contribution is -2.36. The van der Waals surface area contributed by atoms with E-state index in [0.29, 0.717) is 42.8 Å². The first-order valence-corrected chi connectivity index (χ1v) is 9.17. The van der Waals surface area contributed by atoms with Crippen molar-refractivity contribution in [3.05, 3.63) is 62.8 Å². The number of fused-ring (bicyclic) bond motifs is 1. The van der Waals surface area contributed by atoms with Crippen molar-refractivity contribution in [2.45, 2.75) is 25.4 Å². The number of para-hydroxylation sites is 1. The largest absolute Gasteiger partial charge is 0.383 e. The number of carbonyl (C=O) groups excluding carboxylic acids is 1. The van der Waals surface area contributed by atoms with Crippen LogP contribution in [0.25, 0.3) is 10.9 Å². The minimum absolute atomic E-state index is 0.146. The predicted molar refractivity (Wildman–Crippen MR) is 102 cm³/mol. The van der Waals surface area contributed by atoms with Gasteiger partial charge in [0.15, 0.2) is 0 Å². The summed E-state index contributed by atoms with van der Waals surface area (Å²) in [6, 6.07) is 6.84. The second-order valence-corrected chi connectivity index (χ2v) is 6.75. The van der Waals surface area contributed by atoms with Crippen LogP contribution in [0.15, 0.2) is 40.1 Å². The average molecular weight is 383 g/mol. The fraction of sp³-hybridized carbons (Fsp3) is 0.368. The number of hydrogen-bond donors (Lipinski definition) is 2. The summed E-state index contributed by atoms with van der Waals surface area (Å²) in [5.74, 6) is 0.256. The third-order valence-electron chi connectivity index (χ3n) is 5.05. The molecule has 1 amide bonds. The number of aromatic amines is 2. The highest BCUT2D eigenvalue weighted by Gasteiger charge is 2.34. The number of aromatic nitrogens is 4. The summed E-state index contributed by atoms with van der Waals surface area (Å²) in [6.07, 6.45) is 2.85. The van der Waals surface area contributed by atoms with Crippen LogP contribution in [0.2, 0.25) is 0 Å². The minimum Gasteiger partial charge on any atom is -0.383 e. The first-order chi connectivity index (χ1) is 13.6. The molecular weight excluding hydrogens is 362 g/mol. The molecule has 146 valence electrons. The lowest BCUT2D eigenvalue weighted by atomic mass is 10.1. The van der Waals surface area contributed by atoms with E-state index >= 15 is 0 Å². The van der Waals surface area contributed by atoms with E-state index in [2.05, 4.69) is 9.97 Å². The Hall–Kier alpha value is -3.20. The van der Waals surface area contributed by atoms with E-state index in [-0.39, 0.29) is 23.2 Å². The van der Waals surface area contributed by atoms with E-state index in [1.807, 2.05) is 6.07 Å².